The zero-order valence-corrected chi connectivity index (χ0v) is 13.4. The molecule has 5 nitrogen and oxygen atoms in total. The SMILES string of the molecule is CC1(NC(=O)c2ccc3c(c2)NC(=O)CO3)Cc2ccccc2C1. The van der Waals surface area contributed by atoms with Crippen molar-refractivity contribution in [3.05, 3.63) is 59.2 Å². The molecule has 0 unspecified atom stereocenters. The molecule has 0 saturated carbocycles. The van der Waals surface area contributed by atoms with Crippen LogP contribution in [0.3, 0.4) is 0 Å². The Morgan fingerprint density at radius 2 is 1.88 bits per heavy atom. The molecule has 2 aromatic rings. The molecule has 5 heteroatoms. The van der Waals surface area contributed by atoms with E-state index in [4.69, 9.17) is 4.74 Å². The Kier molecular flexibility index (Phi) is 3.30. The van der Waals surface area contributed by atoms with Gasteiger partial charge in [-0.05, 0) is 49.1 Å². The minimum absolute atomic E-state index is 0.00880. The zero-order valence-electron chi connectivity index (χ0n) is 13.4. The van der Waals surface area contributed by atoms with Gasteiger partial charge in [0.15, 0.2) is 6.61 Å². The molecular weight excluding hydrogens is 304 g/mol. The number of carbonyl (C=O) groups excluding carboxylic acids is 2. The highest BCUT2D eigenvalue weighted by Gasteiger charge is 2.34. The molecule has 2 N–H and O–H groups in total. The molecule has 2 amide bonds. The highest BCUT2D eigenvalue weighted by atomic mass is 16.5. The average Bonchev–Trinajstić information content (AvgIpc) is 2.89. The maximum atomic E-state index is 12.7. The first-order valence-corrected chi connectivity index (χ1v) is 7.98. The first-order valence-electron chi connectivity index (χ1n) is 7.98. The lowest BCUT2D eigenvalue weighted by Gasteiger charge is -2.26. The molecule has 0 fully saturated rings. The molecule has 122 valence electrons. The smallest absolute Gasteiger partial charge is 0.262 e. The van der Waals surface area contributed by atoms with Gasteiger partial charge < -0.3 is 15.4 Å². The molecule has 0 spiro atoms. The van der Waals surface area contributed by atoms with Gasteiger partial charge in [0.25, 0.3) is 11.8 Å². The van der Waals surface area contributed by atoms with Gasteiger partial charge >= 0.3 is 0 Å². The number of hydrogen-bond acceptors (Lipinski definition) is 3. The van der Waals surface area contributed by atoms with Crippen LogP contribution in [0.15, 0.2) is 42.5 Å². The number of amides is 2. The van der Waals surface area contributed by atoms with Crippen LogP contribution < -0.4 is 15.4 Å². The maximum absolute atomic E-state index is 12.7. The number of nitrogens with one attached hydrogen (secondary N) is 2. The van der Waals surface area contributed by atoms with E-state index >= 15 is 0 Å². The number of carbonyl (C=O) groups is 2. The van der Waals surface area contributed by atoms with Gasteiger partial charge in [-0.3, -0.25) is 9.59 Å². The van der Waals surface area contributed by atoms with Gasteiger partial charge in [-0.1, -0.05) is 24.3 Å². The first kappa shape index (κ1) is 14.8. The third-order valence-electron chi connectivity index (χ3n) is 4.57. The highest BCUT2D eigenvalue weighted by Crippen LogP contribution is 2.31. The molecule has 2 aromatic carbocycles. The van der Waals surface area contributed by atoms with Crippen molar-refractivity contribution < 1.29 is 14.3 Å². The van der Waals surface area contributed by atoms with Crippen molar-refractivity contribution in [2.75, 3.05) is 11.9 Å². The summed E-state index contributed by atoms with van der Waals surface area (Å²) in [6.45, 7) is 2.07. The monoisotopic (exact) mass is 322 g/mol. The van der Waals surface area contributed by atoms with E-state index in [2.05, 4.69) is 29.7 Å². The van der Waals surface area contributed by atoms with Gasteiger partial charge in [0.2, 0.25) is 0 Å². The Morgan fingerprint density at radius 3 is 2.58 bits per heavy atom. The number of benzene rings is 2. The van der Waals surface area contributed by atoms with Gasteiger partial charge in [-0.15, -0.1) is 0 Å². The van der Waals surface area contributed by atoms with Crippen LogP contribution in [0.1, 0.15) is 28.4 Å². The fourth-order valence-corrected chi connectivity index (χ4v) is 3.46. The van der Waals surface area contributed by atoms with E-state index in [0.717, 1.165) is 12.8 Å². The standard InChI is InChI=1S/C19H18N2O3/c1-19(9-13-4-2-3-5-14(13)10-19)21-18(23)12-6-7-16-15(8-12)20-17(22)11-24-16/h2-8H,9-11H2,1H3,(H,20,22)(H,21,23). The topological polar surface area (TPSA) is 67.4 Å². The number of ether oxygens (including phenoxy) is 1. The second-order valence-corrected chi connectivity index (χ2v) is 6.68. The van der Waals surface area contributed by atoms with Gasteiger partial charge in [0, 0.05) is 11.1 Å². The lowest BCUT2D eigenvalue weighted by atomic mass is 9.97. The Balaban J connectivity index is 1.53. The molecule has 0 saturated heterocycles. The van der Waals surface area contributed by atoms with Gasteiger partial charge in [0.1, 0.15) is 5.75 Å². The number of rotatable bonds is 2. The first-order chi connectivity index (χ1) is 11.5. The van der Waals surface area contributed by atoms with Crippen LogP contribution in [0.4, 0.5) is 5.69 Å². The lowest BCUT2D eigenvalue weighted by molar-refractivity contribution is -0.118. The highest BCUT2D eigenvalue weighted by molar-refractivity contribution is 6.00. The van der Waals surface area contributed by atoms with Crippen molar-refractivity contribution in [3.8, 4) is 5.75 Å². The summed E-state index contributed by atoms with van der Waals surface area (Å²) in [7, 11) is 0. The Hall–Kier alpha value is -2.82. The van der Waals surface area contributed by atoms with Crippen LogP contribution in [-0.4, -0.2) is 24.0 Å². The van der Waals surface area contributed by atoms with Gasteiger partial charge in [-0.2, -0.15) is 0 Å². The molecule has 24 heavy (non-hydrogen) atoms. The largest absolute Gasteiger partial charge is 0.482 e. The summed E-state index contributed by atoms with van der Waals surface area (Å²) in [5.74, 6) is 0.233. The molecule has 1 heterocycles. The van der Waals surface area contributed by atoms with E-state index in [0.29, 0.717) is 17.0 Å². The zero-order chi connectivity index (χ0) is 16.7. The number of anilines is 1. The van der Waals surface area contributed by atoms with E-state index in [1.165, 1.54) is 11.1 Å². The summed E-state index contributed by atoms with van der Waals surface area (Å²) < 4.78 is 5.32. The molecule has 2 aliphatic rings. The van der Waals surface area contributed by atoms with Crippen molar-refractivity contribution in [2.24, 2.45) is 0 Å². The van der Waals surface area contributed by atoms with Crippen LogP contribution in [0.5, 0.6) is 5.75 Å². The minimum atomic E-state index is -0.295. The van der Waals surface area contributed by atoms with E-state index in [9.17, 15) is 9.59 Å². The van der Waals surface area contributed by atoms with Gasteiger partial charge in [0.05, 0.1) is 5.69 Å². The molecule has 0 atom stereocenters. The number of hydrogen-bond donors (Lipinski definition) is 2. The Bertz CT molecular complexity index is 819. The molecule has 0 radical (unpaired) electrons. The van der Waals surface area contributed by atoms with E-state index in [1.807, 2.05) is 12.1 Å². The van der Waals surface area contributed by atoms with E-state index in [-0.39, 0.29) is 24.0 Å². The summed E-state index contributed by atoms with van der Waals surface area (Å²) in [4.78, 5) is 24.1. The summed E-state index contributed by atoms with van der Waals surface area (Å²) in [6, 6.07) is 13.4. The molecule has 1 aliphatic heterocycles. The fourth-order valence-electron chi connectivity index (χ4n) is 3.46. The van der Waals surface area contributed by atoms with Gasteiger partial charge in [-0.25, -0.2) is 0 Å². The fraction of sp³-hybridized carbons (Fsp3) is 0.263. The van der Waals surface area contributed by atoms with E-state index in [1.54, 1.807) is 18.2 Å². The molecule has 0 aromatic heterocycles. The molecule has 4 rings (SSSR count). The van der Waals surface area contributed by atoms with Crippen LogP contribution in [0.2, 0.25) is 0 Å². The number of fused-ring (bicyclic) bond motifs is 2. The molecule has 0 bridgehead atoms. The average molecular weight is 322 g/mol. The normalized spacial score (nSPS) is 17.3. The van der Waals surface area contributed by atoms with Crippen LogP contribution in [0.25, 0.3) is 0 Å². The Labute approximate surface area is 140 Å². The summed E-state index contributed by atoms with van der Waals surface area (Å²) in [6.07, 6.45) is 1.64. The second-order valence-electron chi connectivity index (χ2n) is 6.68. The quantitative estimate of drug-likeness (QED) is 0.891. The van der Waals surface area contributed by atoms with Crippen molar-refractivity contribution in [1.82, 2.24) is 5.32 Å². The van der Waals surface area contributed by atoms with Crippen LogP contribution in [-0.2, 0) is 17.6 Å². The third kappa shape index (κ3) is 2.62. The summed E-state index contributed by atoms with van der Waals surface area (Å²) in [5, 5.41) is 5.87. The predicted molar refractivity (Wildman–Crippen MR) is 90.3 cm³/mol. The maximum Gasteiger partial charge on any atom is 0.262 e. The van der Waals surface area contributed by atoms with Crippen molar-refractivity contribution in [2.45, 2.75) is 25.3 Å². The predicted octanol–water partition coefficient (Wildman–Crippen LogP) is 2.30. The molecule has 1 aliphatic carbocycles. The second kappa shape index (κ2) is 5.37. The minimum Gasteiger partial charge on any atom is -0.482 e. The van der Waals surface area contributed by atoms with Crippen molar-refractivity contribution >= 4 is 17.5 Å². The van der Waals surface area contributed by atoms with Crippen LogP contribution in [0, 0.1) is 0 Å². The van der Waals surface area contributed by atoms with Crippen molar-refractivity contribution in [1.29, 1.82) is 0 Å². The third-order valence-corrected chi connectivity index (χ3v) is 4.57. The van der Waals surface area contributed by atoms with E-state index < -0.39 is 0 Å². The molecular formula is C19H18N2O3. The van der Waals surface area contributed by atoms with Crippen molar-refractivity contribution in [3.63, 3.8) is 0 Å². The van der Waals surface area contributed by atoms with Crippen LogP contribution >= 0.6 is 0 Å². The summed E-state index contributed by atoms with van der Waals surface area (Å²) >= 11 is 0. The Morgan fingerprint density at radius 1 is 1.17 bits per heavy atom. The lowest BCUT2D eigenvalue weighted by Crippen LogP contribution is -2.46. The summed E-state index contributed by atoms with van der Waals surface area (Å²) in [5.41, 5.74) is 3.32.